The summed E-state index contributed by atoms with van der Waals surface area (Å²) in [6, 6.07) is 0. The van der Waals surface area contributed by atoms with Crippen LogP contribution in [0.25, 0.3) is 0 Å². The van der Waals surface area contributed by atoms with Crippen LogP contribution in [0.2, 0.25) is 0 Å². The topological polar surface area (TPSA) is 78.9 Å². The lowest BCUT2D eigenvalue weighted by atomic mass is 10.1. The summed E-state index contributed by atoms with van der Waals surface area (Å²) in [5.74, 6) is -0.932. The van der Waals surface area contributed by atoms with Crippen LogP contribution < -0.4 is 0 Å². The van der Waals surface area contributed by atoms with Crippen molar-refractivity contribution < 1.29 is 28.6 Å². The zero-order valence-electron chi connectivity index (χ0n) is 41.8. The summed E-state index contributed by atoms with van der Waals surface area (Å²) in [6.07, 6.45) is 67.0. The van der Waals surface area contributed by atoms with Gasteiger partial charge in [0.1, 0.15) is 13.2 Å². The minimum absolute atomic E-state index is 0.0929. The lowest BCUT2D eigenvalue weighted by molar-refractivity contribution is -0.167. The van der Waals surface area contributed by atoms with Crippen molar-refractivity contribution in [2.45, 2.75) is 252 Å². The number of carbonyl (C=O) groups is 3. The molecule has 1 atom stereocenters. The van der Waals surface area contributed by atoms with Gasteiger partial charge in [0, 0.05) is 19.3 Å². The summed E-state index contributed by atoms with van der Waals surface area (Å²) in [5.41, 5.74) is 0. The van der Waals surface area contributed by atoms with E-state index in [1.165, 1.54) is 64.2 Å². The van der Waals surface area contributed by atoms with Crippen molar-refractivity contribution in [1.82, 2.24) is 0 Å². The van der Waals surface area contributed by atoms with Crippen molar-refractivity contribution in [2.24, 2.45) is 0 Å². The van der Waals surface area contributed by atoms with E-state index in [0.717, 1.165) is 141 Å². The van der Waals surface area contributed by atoms with Gasteiger partial charge >= 0.3 is 17.9 Å². The molecular weight excluding hydrogens is 793 g/mol. The van der Waals surface area contributed by atoms with E-state index in [2.05, 4.69) is 106 Å². The largest absolute Gasteiger partial charge is 0.462 e. The van der Waals surface area contributed by atoms with Gasteiger partial charge in [0.25, 0.3) is 0 Å². The Labute approximate surface area is 395 Å². The summed E-state index contributed by atoms with van der Waals surface area (Å²) in [5, 5.41) is 0. The second-order valence-electron chi connectivity index (χ2n) is 17.4. The Hall–Kier alpha value is -3.41. The maximum absolute atomic E-state index is 12.8. The Morgan fingerprint density at radius 2 is 0.641 bits per heavy atom. The average molecular weight is 891 g/mol. The van der Waals surface area contributed by atoms with Gasteiger partial charge in [-0.2, -0.15) is 0 Å². The average Bonchev–Trinajstić information content (AvgIpc) is 3.29. The smallest absolute Gasteiger partial charge is 0.306 e. The number of hydrogen-bond donors (Lipinski definition) is 0. The third-order valence-electron chi connectivity index (χ3n) is 11.1. The molecule has 0 heterocycles. The van der Waals surface area contributed by atoms with Crippen molar-refractivity contribution >= 4 is 17.9 Å². The van der Waals surface area contributed by atoms with Gasteiger partial charge in [0.15, 0.2) is 6.10 Å². The normalized spacial score (nSPS) is 12.7. The maximum atomic E-state index is 12.8. The number of allylic oxidation sites excluding steroid dienone is 14. The van der Waals surface area contributed by atoms with Crippen LogP contribution >= 0.6 is 0 Å². The van der Waals surface area contributed by atoms with E-state index in [9.17, 15) is 14.4 Å². The lowest BCUT2D eigenvalue weighted by Crippen LogP contribution is -2.30. The van der Waals surface area contributed by atoms with Gasteiger partial charge in [-0.1, -0.05) is 202 Å². The van der Waals surface area contributed by atoms with Gasteiger partial charge < -0.3 is 14.2 Å². The van der Waals surface area contributed by atoms with E-state index in [1.54, 1.807) is 0 Å². The highest BCUT2D eigenvalue weighted by atomic mass is 16.6. The zero-order chi connectivity index (χ0) is 46.5. The summed E-state index contributed by atoms with van der Waals surface area (Å²) in [6.45, 7) is 6.41. The second-order valence-corrected chi connectivity index (χ2v) is 17.4. The van der Waals surface area contributed by atoms with Crippen molar-refractivity contribution in [1.29, 1.82) is 0 Å². The van der Waals surface area contributed by atoms with Gasteiger partial charge in [0.05, 0.1) is 0 Å². The first kappa shape index (κ1) is 60.6. The van der Waals surface area contributed by atoms with Crippen molar-refractivity contribution in [3.8, 4) is 0 Å². The Kier molecular flexibility index (Phi) is 49.4. The molecule has 0 saturated heterocycles. The highest BCUT2D eigenvalue weighted by Gasteiger charge is 2.19. The van der Waals surface area contributed by atoms with Gasteiger partial charge in [-0.15, -0.1) is 0 Å². The Morgan fingerprint density at radius 1 is 0.328 bits per heavy atom. The van der Waals surface area contributed by atoms with Crippen LogP contribution in [0.5, 0.6) is 0 Å². The van der Waals surface area contributed by atoms with Crippen molar-refractivity contribution in [3.05, 3.63) is 85.1 Å². The quantitative estimate of drug-likeness (QED) is 0.0262. The summed E-state index contributed by atoms with van der Waals surface area (Å²) < 4.78 is 16.8. The molecule has 0 bridgehead atoms. The van der Waals surface area contributed by atoms with Crippen LogP contribution in [-0.4, -0.2) is 37.2 Å². The third-order valence-corrected chi connectivity index (χ3v) is 11.1. The number of rotatable bonds is 47. The Morgan fingerprint density at radius 3 is 1.02 bits per heavy atom. The molecule has 0 rings (SSSR count). The standard InChI is InChI=1S/C58H98O6/c1-4-7-10-13-16-19-22-25-27-28-29-31-33-36-39-42-45-48-51-57(60)63-54-55(53-62-56(59)50-47-44-41-38-35-32-24-21-18-15-12-9-6-3)64-58(61)52-49-46-43-40-37-34-30-26-23-20-17-14-11-8-5-2/h8,11-12,15,17,19-22,24,26-28,30,55H,4-7,9-10,13-14,16,18,23,25,29,31-54H2,1-3H3/b11-8-,15-12-,20-17-,22-19-,24-21-,28-27-,30-26-. The molecule has 366 valence electrons. The Bertz CT molecular complexity index is 1250. The lowest BCUT2D eigenvalue weighted by Gasteiger charge is -2.18. The highest BCUT2D eigenvalue weighted by molar-refractivity contribution is 5.71. The molecule has 0 radical (unpaired) electrons. The predicted octanol–water partition coefficient (Wildman–Crippen LogP) is 17.6. The number of carbonyl (C=O) groups excluding carboxylic acids is 3. The van der Waals surface area contributed by atoms with Crippen LogP contribution in [0.1, 0.15) is 245 Å². The molecule has 0 aliphatic heterocycles. The van der Waals surface area contributed by atoms with Gasteiger partial charge in [-0.25, -0.2) is 0 Å². The van der Waals surface area contributed by atoms with E-state index >= 15 is 0 Å². The fourth-order valence-corrected chi connectivity index (χ4v) is 7.11. The molecule has 0 N–H and O–H groups in total. The SMILES string of the molecule is CC/C=C\C/C=C\C/C=C\CCCCCCCC(=O)OC(COC(=O)CCCCCCC/C=C\C/C=C\CCC)COC(=O)CCCCCCCCC/C=C\C/C=C\CCCCCC. The summed E-state index contributed by atoms with van der Waals surface area (Å²) >= 11 is 0. The number of esters is 3. The van der Waals surface area contributed by atoms with Crippen LogP contribution in [0.3, 0.4) is 0 Å². The van der Waals surface area contributed by atoms with E-state index in [-0.39, 0.29) is 31.1 Å². The first-order chi connectivity index (χ1) is 31.5. The molecule has 0 aromatic rings. The minimum Gasteiger partial charge on any atom is -0.462 e. The van der Waals surface area contributed by atoms with Crippen LogP contribution in [0.15, 0.2) is 85.1 Å². The van der Waals surface area contributed by atoms with Gasteiger partial charge in [-0.05, 0) is 109 Å². The van der Waals surface area contributed by atoms with E-state index < -0.39 is 6.10 Å². The minimum atomic E-state index is -0.795. The molecule has 6 heteroatoms. The molecule has 0 amide bonds. The number of unbranched alkanes of at least 4 members (excludes halogenated alkanes) is 22. The maximum Gasteiger partial charge on any atom is 0.306 e. The molecule has 6 nitrogen and oxygen atoms in total. The molecule has 1 unspecified atom stereocenters. The monoisotopic (exact) mass is 891 g/mol. The number of hydrogen-bond acceptors (Lipinski definition) is 6. The van der Waals surface area contributed by atoms with Crippen LogP contribution in [0.4, 0.5) is 0 Å². The fourth-order valence-electron chi connectivity index (χ4n) is 7.11. The van der Waals surface area contributed by atoms with Crippen molar-refractivity contribution in [3.63, 3.8) is 0 Å². The summed E-state index contributed by atoms with van der Waals surface area (Å²) in [7, 11) is 0. The van der Waals surface area contributed by atoms with Gasteiger partial charge in [0.2, 0.25) is 0 Å². The predicted molar refractivity (Wildman–Crippen MR) is 274 cm³/mol. The van der Waals surface area contributed by atoms with E-state index in [4.69, 9.17) is 14.2 Å². The van der Waals surface area contributed by atoms with Crippen molar-refractivity contribution in [2.75, 3.05) is 13.2 Å². The molecular formula is C58H98O6. The first-order valence-electron chi connectivity index (χ1n) is 26.6. The molecule has 0 fully saturated rings. The van der Waals surface area contributed by atoms with Crippen LogP contribution in [-0.2, 0) is 28.6 Å². The first-order valence-corrected chi connectivity index (χ1v) is 26.6. The van der Waals surface area contributed by atoms with E-state index in [0.29, 0.717) is 19.3 Å². The second kappa shape index (κ2) is 52.2. The molecule has 0 aromatic heterocycles. The van der Waals surface area contributed by atoms with Crippen LogP contribution in [0, 0.1) is 0 Å². The molecule has 64 heavy (non-hydrogen) atoms. The zero-order valence-corrected chi connectivity index (χ0v) is 41.8. The molecule has 0 aromatic carbocycles. The molecule has 0 aliphatic carbocycles. The molecule has 0 spiro atoms. The third kappa shape index (κ3) is 49.6. The fraction of sp³-hybridized carbons (Fsp3) is 0.707. The number of ether oxygens (including phenoxy) is 3. The molecule has 0 saturated carbocycles. The summed E-state index contributed by atoms with van der Waals surface area (Å²) in [4.78, 5) is 38.0. The van der Waals surface area contributed by atoms with Gasteiger partial charge in [-0.3, -0.25) is 14.4 Å². The highest BCUT2D eigenvalue weighted by Crippen LogP contribution is 2.14. The Balaban J connectivity index is 4.43. The van der Waals surface area contributed by atoms with E-state index in [1.807, 2.05) is 0 Å². The molecule has 0 aliphatic rings.